The molecular formula is C11H18N2OS. The van der Waals surface area contributed by atoms with Gasteiger partial charge in [-0.3, -0.25) is 4.79 Å². The van der Waals surface area contributed by atoms with Crippen molar-refractivity contribution in [2.24, 2.45) is 0 Å². The fraction of sp³-hybridized carbons (Fsp3) is 0.636. The van der Waals surface area contributed by atoms with Gasteiger partial charge in [-0.05, 0) is 13.1 Å². The molecule has 15 heavy (non-hydrogen) atoms. The van der Waals surface area contributed by atoms with Gasteiger partial charge in [0, 0.05) is 24.5 Å². The van der Waals surface area contributed by atoms with Gasteiger partial charge in [0.2, 0.25) is 0 Å². The van der Waals surface area contributed by atoms with Gasteiger partial charge in [-0.25, -0.2) is 4.98 Å². The van der Waals surface area contributed by atoms with Crippen LogP contribution < -0.4 is 0 Å². The Morgan fingerprint density at radius 2 is 2.20 bits per heavy atom. The second kappa shape index (κ2) is 6.69. The Kier molecular flexibility index (Phi) is 5.50. The zero-order chi connectivity index (χ0) is 11.1. The van der Waals surface area contributed by atoms with Crippen LogP contribution in [-0.4, -0.2) is 35.3 Å². The average Bonchev–Trinajstić information content (AvgIpc) is 2.72. The van der Waals surface area contributed by atoms with Crippen molar-refractivity contribution >= 4 is 17.1 Å². The van der Waals surface area contributed by atoms with Gasteiger partial charge in [0.1, 0.15) is 5.78 Å². The van der Waals surface area contributed by atoms with E-state index < -0.39 is 0 Å². The predicted molar refractivity (Wildman–Crippen MR) is 63.2 cm³/mol. The molecule has 1 heterocycles. The Bertz CT molecular complexity index is 281. The predicted octanol–water partition coefficient (Wildman–Crippen LogP) is 1.99. The summed E-state index contributed by atoms with van der Waals surface area (Å²) < 4.78 is 0. The maximum Gasteiger partial charge on any atom is 0.140 e. The standard InChI is InChI=1S/C11H18N2OS/c1-3-13(4-2)7-5-10(14)9-11-12-6-8-15-11/h6,8H,3-5,7,9H2,1-2H3. The van der Waals surface area contributed by atoms with E-state index in [1.54, 1.807) is 17.5 Å². The first-order valence-corrected chi connectivity index (χ1v) is 6.26. The number of hydrogen-bond donors (Lipinski definition) is 0. The average molecular weight is 226 g/mol. The lowest BCUT2D eigenvalue weighted by Crippen LogP contribution is -2.26. The lowest BCUT2D eigenvalue weighted by atomic mass is 10.2. The smallest absolute Gasteiger partial charge is 0.140 e. The second-order valence-corrected chi connectivity index (χ2v) is 4.40. The lowest BCUT2D eigenvalue weighted by Gasteiger charge is -2.16. The van der Waals surface area contributed by atoms with E-state index in [9.17, 15) is 4.79 Å². The molecule has 0 bridgehead atoms. The van der Waals surface area contributed by atoms with Gasteiger partial charge in [0.25, 0.3) is 0 Å². The van der Waals surface area contributed by atoms with E-state index in [0.717, 1.165) is 24.6 Å². The third-order valence-corrected chi connectivity index (χ3v) is 3.21. The highest BCUT2D eigenvalue weighted by Crippen LogP contribution is 2.06. The van der Waals surface area contributed by atoms with Crippen LogP contribution in [0.2, 0.25) is 0 Å². The number of rotatable bonds is 7. The Labute approximate surface area is 95.1 Å². The number of hydrogen-bond acceptors (Lipinski definition) is 4. The Morgan fingerprint density at radius 1 is 1.47 bits per heavy atom. The normalized spacial score (nSPS) is 10.9. The number of carbonyl (C=O) groups is 1. The molecule has 3 nitrogen and oxygen atoms in total. The minimum Gasteiger partial charge on any atom is -0.303 e. The van der Waals surface area contributed by atoms with Gasteiger partial charge < -0.3 is 4.90 Å². The van der Waals surface area contributed by atoms with Crippen LogP contribution in [-0.2, 0) is 11.2 Å². The summed E-state index contributed by atoms with van der Waals surface area (Å²) in [5, 5.41) is 2.84. The van der Waals surface area contributed by atoms with Crippen molar-refractivity contribution in [3.8, 4) is 0 Å². The van der Waals surface area contributed by atoms with Crippen LogP contribution in [0.1, 0.15) is 25.3 Å². The van der Waals surface area contributed by atoms with Crippen LogP contribution in [0.25, 0.3) is 0 Å². The molecule has 0 radical (unpaired) electrons. The molecule has 0 aromatic carbocycles. The molecule has 0 fully saturated rings. The molecular weight excluding hydrogens is 208 g/mol. The molecule has 0 amide bonds. The summed E-state index contributed by atoms with van der Waals surface area (Å²) in [7, 11) is 0. The summed E-state index contributed by atoms with van der Waals surface area (Å²) in [6.45, 7) is 7.14. The first kappa shape index (κ1) is 12.3. The van der Waals surface area contributed by atoms with Crippen LogP contribution in [0, 0.1) is 0 Å². The van der Waals surface area contributed by atoms with Gasteiger partial charge in [-0.1, -0.05) is 13.8 Å². The SMILES string of the molecule is CCN(CC)CCC(=O)Cc1nccs1. The third kappa shape index (κ3) is 4.53. The van der Waals surface area contributed by atoms with Crippen molar-refractivity contribution in [2.75, 3.05) is 19.6 Å². The van der Waals surface area contributed by atoms with Crippen LogP contribution in [0.5, 0.6) is 0 Å². The summed E-state index contributed by atoms with van der Waals surface area (Å²) >= 11 is 1.55. The van der Waals surface area contributed by atoms with Crippen molar-refractivity contribution in [2.45, 2.75) is 26.7 Å². The van der Waals surface area contributed by atoms with E-state index in [4.69, 9.17) is 0 Å². The van der Waals surface area contributed by atoms with Crippen LogP contribution in [0.3, 0.4) is 0 Å². The monoisotopic (exact) mass is 226 g/mol. The summed E-state index contributed by atoms with van der Waals surface area (Å²) in [4.78, 5) is 18.0. The molecule has 0 spiro atoms. The highest BCUT2D eigenvalue weighted by atomic mass is 32.1. The van der Waals surface area contributed by atoms with Gasteiger partial charge in [-0.15, -0.1) is 11.3 Å². The highest BCUT2D eigenvalue weighted by Gasteiger charge is 2.07. The summed E-state index contributed by atoms with van der Waals surface area (Å²) in [5.41, 5.74) is 0. The first-order valence-electron chi connectivity index (χ1n) is 5.38. The van der Waals surface area contributed by atoms with Crippen LogP contribution >= 0.6 is 11.3 Å². The van der Waals surface area contributed by atoms with Crippen molar-refractivity contribution in [1.82, 2.24) is 9.88 Å². The van der Waals surface area contributed by atoms with Crippen molar-refractivity contribution in [3.05, 3.63) is 16.6 Å². The molecule has 0 aliphatic carbocycles. The van der Waals surface area contributed by atoms with Gasteiger partial charge in [0.05, 0.1) is 11.4 Å². The number of ketones is 1. The maximum atomic E-state index is 11.6. The van der Waals surface area contributed by atoms with Crippen LogP contribution in [0.15, 0.2) is 11.6 Å². The minimum atomic E-state index is 0.289. The van der Waals surface area contributed by atoms with Gasteiger partial charge in [0.15, 0.2) is 0 Å². The van der Waals surface area contributed by atoms with Crippen molar-refractivity contribution in [3.63, 3.8) is 0 Å². The summed E-state index contributed by atoms with van der Waals surface area (Å²) in [6, 6.07) is 0. The molecule has 0 saturated carbocycles. The molecule has 0 aliphatic heterocycles. The molecule has 1 aromatic heterocycles. The number of carbonyl (C=O) groups excluding carboxylic acids is 1. The van der Waals surface area contributed by atoms with E-state index >= 15 is 0 Å². The third-order valence-electron chi connectivity index (χ3n) is 2.43. The molecule has 0 unspecified atom stereocenters. The fourth-order valence-electron chi connectivity index (χ4n) is 1.42. The number of thiazole rings is 1. The first-order chi connectivity index (χ1) is 7.26. The quantitative estimate of drug-likeness (QED) is 0.713. The van der Waals surface area contributed by atoms with Gasteiger partial charge in [-0.2, -0.15) is 0 Å². The number of aromatic nitrogens is 1. The van der Waals surface area contributed by atoms with E-state index in [1.165, 1.54) is 0 Å². The fourth-order valence-corrected chi connectivity index (χ4v) is 2.06. The molecule has 0 saturated heterocycles. The second-order valence-electron chi connectivity index (χ2n) is 3.42. The maximum absolute atomic E-state index is 11.6. The number of Topliss-reactive ketones (excluding diaryl/α,β-unsaturated/α-hetero) is 1. The van der Waals surface area contributed by atoms with Crippen molar-refractivity contribution < 1.29 is 4.79 Å². The molecule has 1 rings (SSSR count). The zero-order valence-electron chi connectivity index (χ0n) is 9.40. The van der Waals surface area contributed by atoms with E-state index in [-0.39, 0.29) is 5.78 Å². The minimum absolute atomic E-state index is 0.289. The largest absolute Gasteiger partial charge is 0.303 e. The topological polar surface area (TPSA) is 33.2 Å². The van der Waals surface area contributed by atoms with E-state index in [1.807, 2.05) is 5.38 Å². The zero-order valence-corrected chi connectivity index (χ0v) is 10.2. The van der Waals surface area contributed by atoms with E-state index in [0.29, 0.717) is 12.8 Å². The molecule has 0 aliphatic rings. The molecule has 4 heteroatoms. The molecule has 1 aromatic rings. The summed E-state index contributed by atoms with van der Waals surface area (Å²) in [5.74, 6) is 0.289. The molecule has 84 valence electrons. The summed E-state index contributed by atoms with van der Waals surface area (Å²) in [6.07, 6.45) is 2.89. The number of nitrogens with zero attached hydrogens (tertiary/aromatic N) is 2. The highest BCUT2D eigenvalue weighted by molar-refractivity contribution is 7.09. The lowest BCUT2D eigenvalue weighted by molar-refractivity contribution is -0.118. The molecule has 0 atom stereocenters. The van der Waals surface area contributed by atoms with Gasteiger partial charge >= 0.3 is 0 Å². The van der Waals surface area contributed by atoms with Crippen LogP contribution in [0.4, 0.5) is 0 Å². The Morgan fingerprint density at radius 3 is 2.73 bits per heavy atom. The van der Waals surface area contributed by atoms with E-state index in [2.05, 4.69) is 23.7 Å². The Hall–Kier alpha value is -0.740. The molecule has 0 N–H and O–H groups in total. The van der Waals surface area contributed by atoms with Crippen molar-refractivity contribution in [1.29, 1.82) is 0 Å². The Balaban J connectivity index is 2.24.